The van der Waals surface area contributed by atoms with Crippen molar-refractivity contribution in [1.82, 2.24) is 19.2 Å². The van der Waals surface area contributed by atoms with Gasteiger partial charge in [-0.3, -0.25) is 9.59 Å². The van der Waals surface area contributed by atoms with Gasteiger partial charge in [-0.2, -0.15) is 9.50 Å². The third-order valence-electron chi connectivity index (χ3n) is 7.25. The number of nitrogens with zero attached hydrogens (tertiary/aromatic N) is 4. The fourth-order valence-corrected chi connectivity index (χ4v) is 4.68. The number of carbonyl (C=O) groups is 1. The Hall–Kier alpha value is -3.78. The Kier molecular flexibility index (Phi) is 5.07. The van der Waals surface area contributed by atoms with Crippen molar-refractivity contribution in [3.05, 3.63) is 81.8 Å². The Bertz CT molecular complexity index is 1480. The lowest BCUT2D eigenvalue weighted by Gasteiger charge is -2.12. The van der Waals surface area contributed by atoms with Crippen LogP contribution in [0.25, 0.3) is 17.2 Å². The summed E-state index contributed by atoms with van der Waals surface area (Å²) in [5, 5.41) is 17.0. The quantitative estimate of drug-likeness (QED) is 0.432. The molecule has 0 spiro atoms. The fourth-order valence-electron chi connectivity index (χ4n) is 4.68. The Morgan fingerprint density at radius 1 is 1.11 bits per heavy atom. The van der Waals surface area contributed by atoms with Crippen molar-refractivity contribution in [2.75, 3.05) is 11.9 Å². The second-order valence-corrected chi connectivity index (χ2v) is 9.82. The molecule has 178 valence electrons. The molecule has 0 radical (unpaired) electrons. The van der Waals surface area contributed by atoms with Gasteiger partial charge in [0, 0.05) is 28.4 Å². The number of aryl methyl sites for hydroxylation is 1. The molecule has 8 heteroatoms. The lowest BCUT2D eigenvalue weighted by atomic mass is 9.96. The monoisotopic (exact) mass is 469 g/mol. The lowest BCUT2D eigenvalue weighted by Crippen LogP contribution is -2.25. The Morgan fingerprint density at radius 2 is 1.83 bits per heavy atom. The van der Waals surface area contributed by atoms with Crippen molar-refractivity contribution in [2.24, 2.45) is 0 Å². The highest BCUT2D eigenvalue weighted by Crippen LogP contribution is 2.47. The molecule has 1 amide bonds. The van der Waals surface area contributed by atoms with Crippen LogP contribution in [0.15, 0.2) is 59.4 Å². The summed E-state index contributed by atoms with van der Waals surface area (Å²) in [6.45, 7) is 1.94. The highest BCUT2D eigenvalue weighted by Gasteiger charge is 2.43. The van der Waals surface area contributed by atoms with Crippen LogP contribution in [0.3, 0.4) is 0 Å². The van der Waals surface area contributed by atoms with Gasteiger partial charge in [-0.1, -0.05) is 36.4 Å². The van der Waals surface area contributed by atoms with E-state index in [1.54, 1.807) is 11.5 Å². The van der Waals surface area contributed by atoms with E-state index >= 15 is 0 Å². The van der Waals surface area contributed by atoms with E-state index in [0.29, 0.717) is 23.2 Å². The second-order valence-electron chi connectivity index (χ2n) is 9.82. The van der Waals surface area contributed by atoms with E-state index < -0.39 is 0 Å². The van der Waals surface area contributed by atoms with Crippen molar-refractivity contribution in [3.63, 3.8) is 0 Å². The molecule has 2 N–H and O–H groups in total. The van der Waals surface area contributed by atoms with Crippen LogP contribution in [-0.2, 0) is 16.8 Å². The van der Waals surface area contributed by atoms with E-state index in [0.717, 1.165) is 29.7 Å². The summed E-state index contributed by atoms with van der Waals surface area (Å²) < 4.78 is 2.94. The number of rotatable bonds is 7. The van der Waals surface area contributed by atoms with Crippen molar-refractivity contribution >= 4 is 17.4 Å². The topological polar surface area (TPSA) is 102 Å². The van der Waals surface area contributed by atoms with E-state index in [1.807, 2.05) is 36.4 Å². The summed E-state index contributed by atoms with van der Waals surface area (Å²) in [7, 11) is 0. The average molecular weight is 470 g/mol. The van der Waals surface area contributed by atoms with E-state index in [9.17, 15) is 14.7 Å². The van der Waals surface area contributed by atoms with Gasteiger partial charge in [-0.15, -0.1) is 5.10 Å². The number of fused-ring (bicyclic) bond motifs is 1. The normalized spacial score (nSPS) is 16.4. The predicted molar refractivity (Wildman–Crippen MR) is 132 cm³/mol. The first-order valence-corrected chi connectivity index (χ1v) is 12.0. The molecule has 0 unspecified atom stereocenters. The first-order valence-electron chi connectivity index (χ1n) is 12.0. The van der Waals surface area contributed by atoms with Gasteiger partial charge < -0.3 is 15.0 Å². The van der Waals surface area contributed by atoms with E-state index in [4.69, 9.17) is 0 Å². The molecule has 35 heavy (non-hydrogen) atoms. The molecule has 6 rings (SSSR count). The Balaban J connectivity index is 1.26. The number of anilines is 1. The van der Waals surface area contributed by atoms with Crippen LogP contribution >= 0.6 is 0 Å². The maximum atomic E-state index is 12.8. The summed E-state index contributed by atoms with van der Waals surface area (Å²) in [6.07, 6.45) is 4.45. The number of hydrogen-bond acceptors (Lipinski definition) is 5. The first-order chi connectivity index (χ1) is 17.0. The molecule has 0 bridgehead atoms. The Morgan fingerprint density at radius 3 is 2.46 bits per heavy atom. The highest BCUT2D eigenvalue weighted by molar-refractivity contribution is 5.90. The zero-order valence-electron chi connectivity index (χ0n) is 19.6. The van der Waals surface area contributed by atoms with Crippen molar-refractivity contribution in [3.8, 4) is 11.4 Å². The van der Waals surface area contributed by atoms with Crippen LogP contribution in [-0.4, -0.2) is 36.8 Å². The van der Waals surface area contributed by atoms with Crippen LogP contribution in [0, 0.1) is 6.92 Å². The van der Waals surface area contributed by atoms with Gasteiger partial charge >= 0.3 is 0 Å². The predicted octanol–water partition coefficient (Wildman–Crippen LogP) is 3.41. The summed E-state index contributed by atoms with van der Waals surface area (Å²) in [4.78, 5) is 30.1. The van der Waals surface area contributed by atoms with Gasteiger partial charge in [-0.05, 0) is 61.8 Å². The first kappa shape index (κ1) is 21.7. The number of benzene rings is 2. The van der Waals surface area contributed by atoms with E-state index in [-0.39, 0.29) is 30.0 Å². The number of hydrogen-bond donors (Lipinski definition) is 2. The smallest absolute Gasteiger partial charge is 0.275 e. The van der Waals surface area contributed by atoms with E-state index in [2.05, 4.69) is 27.5 Å². The second kappa shape index (κ2) is 8.16. The highest BCUT2D eigenvalue weighted by atomic mass is 16.3. The molecule has 2 heterocycles. The molecule has 2 aromatic heterocycles. The largest absolute Gasteiger partial charge is 0.395 e. The molecular weight excluding hydrogens is 442 g/mol. The number of aliphatic hydroxyl groups excluding tert-OH is 1. The SMILES string of the molecule is Cc1cc(=O)n2nc(-c3ccc(C4(CO)CC4)cc3)nc2n1CC(=O)Nc1ccc(C2CC2)cc1. The molecule has 2 fully saturated rings. The van der Waals surface area contributed by atoms with E-state index in [1.165, 1.54) is 29.0 Å². The van der Waals surface area contributed by atoms with Gasteiger partial charge in [0.2, 0.25) is 11.7 Å². The maximum absolute atomic E-state index is 12.8. The third kappa shape index (κ3) is 4.04. The lowest BCUT2D eigenvalue weighted by molar-refractivity contribution is -0.116. The summed E-state index contributed by atoms with van der Waals surface area (Å²) >= 11 is 0. The van der Waals surface area contributed by atoms with Crippen molar-refractivity contribution in [1.29, 1.82) is 0 Å². The molecule has 2 saturated carbocycles. The minimum Gasteiger partial charge on any atom is -0.395 e. The number of amides is 1. The maximum Gasteiger partial charge on any atom is 0.275 e. The number of nitrogens with one attached hydrogen (secondary N) is 1. The molecule has 0 saturated heterocycles. The summed E-state index contributed by atoms with van der Waals surface area (Å²) in [6, 6.07) is 17.3. The molecule has 2 aliphatic rings. The van der Waals surface area contributed by atoms with Crippen LogP contribution in [0.4, 0.5) is 5.69 Å². The summed E-state index contributed by atoms with van der Waals surface area (Å²) in [5.74, 6) is 1.20. The van der Waals surface area contributed by atoms with Gasteiger partial charge in [0.1, 0.15) is 6.54 Å². The van der Waals surface area contributed by atoms with Crippen LogP contribution in [0.5, 0.6) is 0 Å². The van der Waals surface area contributed by atoms with Crippen molar-refractivity contribution in [2.45, 2.75) is 50.5 Å². The molecule has 2 aliphatic carbocycles. The molecule has 8 nitrogen and oxygen atoms in total. The zero-order valence-corrected chi connectivity index (χ0v) is 19.6. The van der Waals surface area contributed by atoms with Gasteiger partial charge in [0.05, 0.1) is 6.61 Å². The van der Waals surface area contributed by atoms with Crippen LogP contribution < -0.4 is 10.9 Å². The minimum absolute atomic E-state index is 0.0100. The zero-order chi connectivity index (χ0) is 24.2. The average Bonchev–Trinajstić information content (AvgIpc) is 3.80. The third-order valence-corrected chi connectivity index (χ3v) is 7.25. The van der Waals surface area contributed by atoms with Crippen LogP contribution in [0.1, 0.15) is 48.4 Å². The van der Waals surface area contributed by atoms with Gasteiger partial charge in [-0.25, -0.2) is 0 Å². The molecule has 0 atom stereocenters. The minimum atomic E-state index is -0.294. The number of carbonyl (C=O) groups excluding carboxylic acids is 1. The molecule has 4 aromatic rings. The molecule has 2 aromatic carbocycles. The molecular formula is C27H27N5O3. The van der Waals surface area contributed by atoms with Gasteiger partial charge in [0.25, 0.3) is 5.56 Å². The standard InChI is InChI=1S/C27H27N5O3/c1-17-14-24(35)32-26(29-25(30-32)20-4-8-21(9-5-20)27(16-33)12-13-27)31(17)15-23(34)28-22-10-6-19(7-11-22)18-2-3-18/h4-11,14,18,33H,2-3,12-13,15-16H2,1H3,(H,28,34). The van der Waals surface area contributed by atoms with Crippen molar-refractivity contribution < 1.29 is 9.90 Å². The summed E-state index contributed by atoms with van der Waals surface area (Å²) in [5.41, 5.74) is 4.16. The number of aromatic nitrogens is 4. The number of aliphatic hydroxyl groups is 1. The van der Waals surface area contributed by atoms with Crippen LogP contribution in [0.2, 0.25) is 0 Å². The Labute approximate surface area is 202 Å². The molecule has 0 aliphatic heterocycles. The van der Waals surface area contributed by atoms with Gasteiger partial charge in [0.15, 0.2) is 5.82 Å². The fraction of sp³-hybridized carbons (Fsp3) is 0.333.